The van der Waals surface area contributed by atoms with Gasteiger partial charge in [-0.3, -0.25) is 0 Å². The Hall–Kier alpha value is -2.10. The average molecular weight is 394 g/mol. The Bertz CT molecular complexity index is 825. The van der Waals surface area contributed by atoms with E-state index in [0.29, 0.717) is 6.42 Å². The number of methoxy groups -OCH3 is 1. The maximum Gasteiger partial charge on any atom is 0.118 e. The minimum absolute atomic E-state index is 0.212. The third-order valence-corrected chi connectivity index (χ3v) is 6.24. The van der Waals surface area contributed by atoms with Crippen LogP contribution in [0.5, 0.6) is 5.75 Å². The van der Waals surface area contributed by atoms with E-state index in [-0.39, 0.29) is 5.92 Å². The summed E-state index contributed by atoms with van der Waals surface area (Å²) >= 11 is 0. The van der Waals surface area contributed by atoms with Gasteiger partial charge >= 0.3 is 0 Å². The molecule has 0 bridgehead atoms. The van der Waals surface area contributed by atoms with Crippen LogP contribution >= 0.6 is 0 Å². The molecule has 1 aliphatic carbocycles. The highest BCUT2D eigenvalue weighted by Gasteiger charge is 2.41. The van der Waals surface area contributed by atoms with Crippen molar-refractivity contribution in [2.75, 3.05) is 27.7 Å². The summed E-state index contributed by atoms with van der Waals surface area (Å²) in [5, 5.41) is 12.2. The zero-order chi connectivity index (χ0) is 20.9. The van der Waals surface area contributed by atoms with Crippen LogP contribution in [0.3, 0.4) is 0 Å². The minimum Gasteiger partial charge on any atom is -0.497 e. The molecule has 156 valence electrons. The number of benzene rings is 2. The maximum atomic E-state index is 12.2. The molecule has 0 saturated heterocycles. The highest BCUT2D eigenvalue weighted by molar-refractivity contribution is 5.57. The molecule has 3 rings (SSSR count). The van der Waals surface area contributed by atoms with Gasteiger partial charge in [0.1, 0.15) is 5.75 Å². The third kappa shape index (κ3) is 5.29. The first-order valence-corrected chi connectivity index (χ1v) is 10.7. The van der Waals surface area contributed by atoms with Gasteiger partial charge < -0.3 is 14.7 Å². The largest absolute Gasteiger partial charge is 0.497 e. The van der Waals surface area contributed by atoms with Gasteiger partial charge in [-0.2, -0.15) is 0 Å². The molecular weight excluding hydrogens is 358 g/mol. The standard InChI is InChI=1S/C26H35NO2/c1-20-9-5-6-10-22(20)18-26(28)23(11-7-8-12-24(26)19-27(2)3)17-21-13-15-25(29-4)16-14-21/h5-6,9-10,13-17,24,28H,7-8,11-12,18-19H2,1-4H3. The van der Waals surface area contributed by atoms with Crippen molar-refractivity contribution in [1.82, 2.24) is 4.90 Å². The van der Waals surface area contributed by atoms with Gasteiger partial charge in [-0.25, -0.2) is 0 Å². The van der Waals surface area contributed by atoms with Gasteiger partial charge in [-0.05, 0) is 74.7 Å². The van der Waals surface area contributed by atoms with Crippen molar-refractivity contribution in [2.45, 2.75) is 44.6 Å². The second kappa shape index (κ2) is 9.60. The average Bonchev–Trinajstić information content (AvgIpc) is 2.84. The molecule has 1 saturated carbocycles. The molecule has 1 fully saturated rings. The zero-order valence-electron chi connectivity index (χ0n) is 18.3. The van der Waals surface area contributed by atoms with Gasteiger partial charge in [0.25, 0.3) is 0 Å². The molecular formula is C26H35NO2. The second-order valence-electron chi connectivity index (χ2n) is 8.68. The molecule has 1 N–H and O–H groups in total. The summed E-state index contributed by atoms with van der Waals surface area (Å²) in [6.07, 6.45) is 7.17. The first-order valence-electron chi connectivity index (χ1n) is 10.7. The molecule has 0 spiro atoms. The number of aliphatic hydroxyl groups is 1. The number of hydrogen-bond donors (Lipinski definition) is 1. The van der Waals surface area contributed by atoms with E-state index in [1.807, 2.05) is 12.1 Å². The van der Waals surface area contributed by atoms with Crippen molar-refractivity contribution in [3.05, 3.63) is 70.8 Å². The predicted molar refractivity (Wildman–Crippen MR) is 121 cm³/mol. The molecule has 0 heterocycles. The van der Waals surface area contributed by atoms with Crippen LogP contribution in [0.15, 0.2) is 54.1 Å². The van der Waals surface area contributed by atoms with Crippen LogP contribution in [0.1, 0.15) is 42.4 Å². The lowest BCUT2D eigenvalue weighted by Crippen LogP contribution is -2.45. The van der Waals surface area contributed by atoms with Gasteiger partial charge in [0.15, 0.2) is 0 Å². The molecule has 0 amide bonds. The fourth-order valence-corrected chi connectivity index (χ4v) is 4.56. The second-order valence-corrected chi connectivity index (χ2v) is 8.68. The molecule has 2 aromatic carbocycles. The predicted octanol–water partition coefficient (Wildman–Crippen LogP) is 5.11. The summed E-state index contributed by atoms with van der Waals surface area (Å²) in [4.78, 5) is 2.21. The number of rotatable bonds is 6. The summed E-state index contributed by atoms with van der Waals surface area (Å²) in [5.41, 5.74) is 3.93. The highest BCUT2D eigenvalue weighted by Crippen LogP contribution is 2.41. The smallest absolute Gasteiger partial charge is 0.118 e. The molecule has 2 aromatic rings. The molecule has 3 nitrogen and oxygen atoms in total. The van der Waals surface area contributed by atoms with Crippen LogP contribution in [0.4, 0.5) is 0 Å². The fourth-order valence-electron chi connectivity index (χ4n) is 4.56. The summed E-state index contributed by atoms with van der Waals surface area (Å²) in [6, 6.07) is 16.6. The van der Waals surface area contributed by atoms with Gasteiger partial charge in [0, 0.05) is 18.9 Å². The quantitative estimate of drug-likeness (QED) is 0.692. The Kier molecular flexibility index (Phi) is 7.15. The fraction of sp³-hybridized carbons (Fsp3) is 0.462. The van der Waals surface area contributed by atoms with Gasteiger partial charge in [0.05, 0.1) is 12.7 Å². The number of ether oxygens (including phenoxy) is 1. The van der Waals surface area contributed by atoms with E-state index >= 15 is 0 Å². The van der Waals surface area contributed by atoms with Gasteiger partial charge in [0.2, 0.25) is 0 Å². The Labute approximate surface area is 176 Å². The van der Waals surface area contributed by atoms with E-state index in [0.717, 1.165) is 49.1 Å². The van der Waals surface area contributed by atoms with Crippen molar-refractivity contribution in [2.24, 2.45) is 5.92 Å². The first-order chi connectivity index (χ1) is 13.9. The molecule has 2 unspecified atom stereocenters. The van der Waals surface area contributed by atoms with E-state index in [9.17, 15) is 5.11 Å². The molecule has 29 heavy (non-hydrogen) atoms. The lowest BCUT2D eigenvalue weighted by atomic mass is 9.74. The monoisotopic (exact) mass is 393 g/mol. The Morgan fingerprint density at radius 3 is 2.48 bits per heavy atom. The number of hydrogen-bond acceptors (Lipinski definition) is 3. The van der Waals surface area contributed by atoms with Gasteiger partial charge in [-0.1, -0.05) is 48.9 Å². The molecule has 0 aliphatic heterocycles. The number of nitrogens with zero attached hydrogens (tertiary/aromatic N) is 1. The van der Waals surface area contributed by atoms with Crippen molar-refractivity contribution in [1.29, 1.82) is 0 Å². The summed E-state index contributed by atoms with van der Waals surface area (Å²) in [6.45, 7) is 3.03. The lowest BCUT2D eigenvalue weighted by molar-refractivity contribution is 0.00505. The van der Waals surface area contributed by atoms with E-state index in [2.05, 4.69) is 68.4 Å². The third-order valence-electron chi connectivity index (χ3n) is 6.24. The van der Waals surface area contributed by atoms with Crippen LogP contribution in [0.2, 0.25) is 0 Å². The van der Waals surface area contributed by atoms with Crippen LogP contribution in [0.25, 0.3) is 6.08 Å². The molecule has 2 atom stereocenters. The van der Waals surface area contributed by atoms with Crippen molar-refractivity contribution in [3.8, 4) is 5.75 Å². The first kappa shape index (κ1) is 21.6. The highest BCUT2D eigenvalue weighted by atomic mass is 16.5. The van der Waals surface area contributed by atoms with E-state index in [1.165, 1.54) is 11.1 Å². The van der Waals surface area contributed by atoms with E-state index in [4.69, 9.17) is 4.74 Å². The SMILES string of the molecule is COc1ccc(C=C2CCCCC(CN(C)C)C2(O)Cc2ccccc2C)cc1. The summed E-state index contributed by atoms with van der Waals surface area (Å²) in [7, 11) is 5.89. The zero-order valence-corrected chi connectivity index (χ0v) is 18.3. The Balaban J connectivity index is 2.03. The van der Waals surface area contributed by atoms with Crippen LogP contribution in [-0.2, 0) is 6.42 Å². The van der Waals surface area contributed by atoms with Crippen LogP contribution in [0, 0.1) is 12.8 Å². The van der Waals surface area contributed by atoms with Crippen molar-refractivity contribution < 1.29 is 9.84 Å². The topological polar surface area (TPSA) is 32.7 Å². The number of aryl methyl sites for hydroxylation is 1. The minimum atomic E-state index is -0.840. The normalized spacial score (nSPS) is 23.9. The van der Waals surface area contributed by atoms with Crippen LogP contribution < -0.4 is 4.74 Å². The van der Waals surface area contributed by atoms with E-state index < -0.39 is 5.60 Å². The maximum absolute atomic E-state index is 12.2. The summed E-state index contributed by atoms with van der Waals surface area (Å²) < 4.78 is 5.30. The Morgan fingerprint density at radius 1 is 1.10 bits per heavy atom. The summed E-state index contributed by atoms with van der Waals surface area (Å²) in [5.74, 6) is 1.07. The van der Waals surface area contributed by atoms with Crippen molar-refractivity contribution >= 4 is 6.08 Å². The molecule has 0 radical (unpaired) electrons. The molecule has 3 heteroatoms. The van der Waals surface area contributed by atoms with Gasteiger partial charge in [-0.15, -0.1) is 0 Å². The lowest BCUT2D eigenvalue weighted by Gasteiger charge is -2.39. The van der Waals surface area contributed by atoms with Crippen LogP contribution in [-0.4, -0.2) is 43.4 Å². The van der Waals surface area contributed by atoms with E-state index in [1.54, 1.807) is 7.11 Å². The Morgan fingerprint density at radius 2 is 1.83 bits per heavy atom. The molecule has 0 aromatic heterocycles. The molecule has 1 aliphatic rings. The van der Waals surface area contributed by atoms with Crippen molar-refractivity contribution in [3.63, 3.8) is 0 Å².